The molecule has 0 spiro atoms. The quantitative estimate of drug-likeness (QED) is 0.256. The number of carbonyl (C=O) groups excluding carboxylic acids is 4. The number of rotatable bonds is 9. The molecule has 1 saturated heterocycles. The van der Waals surface area contributed by atoms with Crippen LogP contribution in [0, 0.1) is 11.3 Å². The number of nitrogens with zero attached hydrogens (tertiary/aromatic N) is 2. The third kappa shape index (κ3) is 8.87. The molecule has 4 amide bonds. The minimum atomic E-state index is -3.93. The molecule has 59 heavy (non-hydrogen) atoms. The first-order valence-corrected chi connectivity index (χ1v) is 21.4. The lowest BCUT2D eigenvalue weighted by atomic mass is 9.85. The minimum Gasteiger partial charge on any atom is -0.496 e. The van der Waals surface area contributed by atoms with Gasteiger partial charge in [-0.3, -0.25) is 19.1 Å². The van der Waals surface area contributed by atoms with Crippen LogP contribution in [0.3, 0.4) is 0 Å². The largest absolute Gasteiger partial charge is 0.496 e. The summed E-state index contributed by atoms with van der Waals surface area (Å²) in [5.74, 6) is -1.41. The Morgan fingerprint density at radius 1 is 1.12 bits per heavy atom. The molecular formula is C43H51N5O10S. The Morgan fingerprint density at radius 3 is 2.49 bits per heavy atom. The number of sulfonamides is 1. The average molecular weight is 830 g/mol. The fourth-order valence-corrected chi connectivity index (χ4v) is 9.00. The average Bonchev–Trinajstić information content (AvgIpc) is 4.12. The number of methoxy groups -OCH3 is 1. The van der Waals surface area contributed by atoms with E-state index in [1.165, 1.54) is 11.0 Å². The summed E-state index contributed by atoms with van der Waals surface area (Å²) in [5.41, 5.74) is 0.632. The fraction of sp³-hybridized carbons (Fsp3) is 0.465. The van der Waals surface area contributed by atoms with Crippen molar-refractivity contribution in [1.29, 1.82) is 0 Å². The van der Waals surface area contributed by atoms with Gasteiger partial charge >= 0.3 is 6.09 Å². The Balaban J connectivity index is 1.28. The number of carbonyl (C=O) groups is 4. The van der Waals surface area contributed by atoms with E-state index in [0.29, 0.717) is 54.2 Å². The zero-order chi connectivity index (χ0) is 42.3. The maximum absolute atomic E-state index is 14.8. The zero-order valence-electron chi connectivity index (χ0n) is 33.9. The third-order valence-electron chi connectivity index (χ3n) is 11.2. The molecular weight excluding hydrogens is 779 g/mol. The number of pyridine rings is 1. The number of ether oxygens (including phenoxy) is 4. The highest BCUT2D eigenvalue weighted by Gasteiger charge is 2.62. The van der Waals surface area contributed by atoms with E-state index < -0.39 is 74.1 Å². The number of amides is 4. The Kier molecular flexibility index (Phi) is 11.4. The summed E-state index contributed by atoms with van der Waals surface area (Å²) in [6.07, 6.45) is 5.47. The second-order valence-electron chi connectivity index (χ2n) is 16.6. The summed E-state index contributed by atoms with van der Waals surface area (Å²) in [6, 6.07) is 10.6. The number of hydrogen-bond acceptors (Lipinski definition) is 11. The lowest BCUT2D eigenvalue weighted by Gasteiger charge is -2.35. The van der Waals surface area contributed by atoms with E-state index in [-0.39, 0.29) is 26.0 Å². The molecule has 0 unspecified atom stereocenters. The number of alkyl carbamates (subject to hydrolysis) is 1. The number of hydrogen-bond donors (Lipinski definition) is 3. The van der Waals surface area contributed by atoms with Gasteiger partial charge < -0.3 is 34.5 Å². The molecule has 15 nitrogen and oxygen atoms in total. The predicted molar refractivity (Wildman–Crippen MR) is 219 cm³/mol. The van der Waals surface area contributed by atoms with Gasteiger partial charge in [-0.2, -0.15) is 0 Å². The third-order valence-corrected chi connectivity index (χ3v) is 13.0. The highest BCUT2D eigenvalue weighted by molar-refractivity contribution is 7.91. The molecule has 8 rings (SSSR count). The summed E-state index contributed by atoms with van der Waals surface area (Å²) >= 11 is 0. The summed E-state index contributed by atoms with van der Waals surface area (Å²) in [5, 5.41) is 5.53. The van der Waals surface area contributed by atoms with Crippen LogP contribution in [0.5, 0.6) is 17.4 Å². The fourth-order valence-electron chi connectivity index (χ4n) is 7.63. The van der Waals surface area contributed by atoms with Crippen LogP contribution >= 0.6 is 0 Å². The van der Waals surface area contributed by atoms with Gasteiger partial charge in [0.05, 0.1) is 31.0 Å². The standard InChI is InChI=1S/C43H51N5O10S/c1-7-28-22-43(28,40(51)47-59(53,54)30-16-17-30)46-38(49)33-19-29-23-48(33)39(50)37(42(3,4)5)45-41(52)57-24-26-14-12-25(13-15-26)10-9-11-27-18-31-32(20-34(27)55-6)44-36(56-8-2)21-35(31)58-29/h7,9,11-15,18,20-21,28-30,33,37H,1,8,10,16-17,19,22-24H2,2-6H3,(H,45,52)(H,46,49)(H,47,51)/t28-,29-,33+,37-,43-/m1/s1. The molecule has 2 aliphatic carbocycles. The van der Waals surface area contributed by atoms with Gasteiger partial charge in [-0.1, -0.05) is 63.3 Å². The van der Waals surface area contributed by atoms with Crippen molar-refractivity contribution in [2.45, 2.75) is 95.4 Å². The highest BCUT2D eigenvalue weighted by atomic mass is 32.2. The maximum Gasteiger partial charge on any atom is 0.408 e. The van der Waals surface area contributed by atoms with Crippen LogP contribution in [-0.2, 0) is 42.2 Å². The summed E-state index contributed by atoms with van der Waals surface area (Å²) in [6.45, 7) is 11.2. The van der Waals surface area contributed by atoms with E-state index >= 15 is 0 Å². The molecule has 3 N–H and O–H groups in total. The second-order valence-corrected chi connectivity index (χ2v) is 18.6. The number of allylic oxidation sites excluding steroid dienone is 1. The normalized spacial score (nSPS) is 24.7. The van der Waals surface area contributed by atoms with Gasteiger partial charge in [0.25, 0.3) is 5.91 Å². The van der Waals surface area contributed by atoms with E-state index in [0.717, 1.165) is 16.7 Å². The molecule has 3 aromatic rings. The van der Waals surface area contributed by atoms with Crippen molar-refractivity contribution in [2.24, 2.45) is 11.3 Å². The van der Waals surface area contributed by atoms with Crippen LogP contribution in [-0.4, -0.2) is 91.4 Å². The van der Waals surface area contributed by atoms with Crippen molar-refractivity contribution in [1.82, 2.24) is 25.2 Å². The topological polar surface area (TPSA) is 192 Å². The monoisotopic (exact) mass is 829 g/mol. The second kappa shape index (κ2) is 16.2. The molecule has 4 heterocycles. The van der Waals surface area contributed by atoms with Crippen molar-refractivity contribution in [2.75, 3.05) is 20.3 Å². The molecule has 314 valence electrons. The van der Waals surface area contributed by atoms with Crippen molar-refractivity contribution >= 4 is 50.8 Å². The predicted octanol–water partition coefficient (Wildman–Crippen LogP) is 4.57. The van der Waals surface area contributed by atoms with Crippen LogP contribution in [0.1, 0.15) is 70.1 Å². The van der Waals surface area contributed by atoms with Crippen molar-refractivity contribution in [3.05, 3.63) is 77.9 Å². The molecule has 2 saturated carbocycles. The van der Waals surface area contributed by atoms with Crippen molar-refractivity contribution in [3.8, 4) is 17.4 Å². The smallest absolute Gasteiger partial charge is 0.408 e. The van der Waals surface area contributed by atoms with Gasteiger partial charge in [0.15, 0.2) is 0 Å². The highest BCUT2D eigenvalue weighted by Crippen LogP contribution is 2.46. The van der Waals surface area contributed by atoms with Crippen LogP contribution in [0.15, 0.2) is 61.2 Å². The maximum atomic E-state index is 14.8. The molecule has 0 radical (unpaired) electrons. The van der Waals surface area contributed by atoms with E-state index in [1.807, 2.05) is 49.4 Å². The Labute approximate surface area is 343 Å². The van der Waals surface area contributed by atoms with Crippen molar-refractivity contribution in [3.63, 3.8) is 0 Å². The van der Waals surface area contributed by atoms with Gasteiger partial charge in [0.1, 0.15) is 41.8 Å². The van der Waals surface area contributed by atoms with Crippen LogP contribution in [0.2, 0.25) is 0 Å². The van der Waals surface area contributed by atoms with Gasteiger partial charge in [-0.25, -0.2) is 18.2 Å². The first kappa shape index (κ1) is 41.5. The first-order valence-electron chi connectivity index (χ1n) is 19.9. The lowest BCUT2D eigenvalue weighted by Crippen LogP contribution is -2.60. The van der Waals surface area contributed by atoms with Crippen LogP contribution in [0.4, 0.5) is 4.79 Å². The van der Waals surface area contributed by atoms with E-state index in [1.54, 1.807) is 40.0 Å². The molecule has 5 aliphatic rings. The van der Waals surface area contributed by atoms with E-state index in [9.17, 15) is 27.6 Å². The molecule has 2 aromatic carbocycles. The van der Waals surface area contributed by atoms with Crippen molar-refractivity contribution < 1.29 is 46.5 Å². The molecule has 3 aliphatic heterocycles. The zero-order valence-corrected chi connectivity index (χ0v) is 34.7. The summed E-state index contributed by atoms with van der Waals surface area (Å²) in [4.78, 5) is 62.3. The summed E-state index contributed by atoms with van der Waals surface area (Å²) < 4.78 is 51.6. The first-order chi connectivity index (χ1) is 28.0. The van der Waals surface area contributed by atoms with Gasteiger partial charge in [0, 0.05) is 35.4 Å². The Bertz CT molecular complexity index is 2300. The number of benzene rings is 2. The number of aromatic nitrogens is 1. The minimum absolute atomic E-state index is 0.0119. The number of nitrogens with one attached hydrogen (secondary N) is 3. The Hall–Kier alpha value is -5.64. The van der Waals surface area contributed by atoms with E-state index in [2.05, 4.69) is 21.9 Å². The summed E-state index contributed by atoms with van der Waals surface area (Å²) in [7, 11) is -2.35. The molecule has 6 bridgehead atoms. The van der Waals surface area contributed by atoms with Gasteiger partial charge in [-0.15, -0.1) is 6.58 Å². The van der Waals surface area contributed by atoms with E-state index in [4.69, 9.17) is 23.9 Å². The number of fused-ring (bicyclic) bond motifs is 8. The molecule has 16 heteroatoms. The van der Waals surface area contributed by atoms with Gasteiger partial charge in [0.2, 0.25) is 27.7 Å². The lowest BCUT2D eigenvalue weighted by molar-refractivity contribution is -0.142. The SMILES string of the molecule is C=C[C@@H]1C[C@]1(NC(=O)[C@@H]1C[C@@H]2CN1C(=O)[C@H](C(C)(C)C)NC(=O)OCc1ccc(cc1)CC=Cc1cc3c(cc(OCC)nc3cc1OC)O2)C(=O)NS(=O)(=O)C1CC1. The van der Waals surface area contributed by atoms with Gasteiger partial charge in [-0.05, 0) is 55.2 Å². The molecule has 1 aromatic heterocycles. The van der Waals surface area contributed by atoms with Crippen LogP contribution in [0.25, 0.3) is 17.0 Å². The van der Waals surface area contributed by atoms with Crippen LogP contribution < -0.4 is 29.6 Å². The molecule has 5 atom stereocenters. The molecule has 3 fully saturated rings. The Morgan fingerprint density at radius 2 is 1.85 bits per heavy atom.